The van der Waals surface area contributed by atoms with Crippen LogP contribution in [0, 0.1) is 12.7 Å². The molecule has 1 aromatic heterocycles. The summed E-state index contributed by atoms with van der Waals surface area (Å²) in [4.78, 5) is 16.1. The monoisotopic (exact) mass is 410 g/mol. The van der Waals surface area contributed by atoms with Crippen LogP contribution in [-0.2, 0) is 14.8 Å². The largest absolute Gasteiger partial charge is 0.369 e. The molecule has 2 saturated heterocycles. The van der Waals surface area contributed by atoms with Gasteiger partial charge in [0.1, 0.15) is 5.82 Å². The third kappa shape index (κ3) is 3.64. The van der Waals surface area contributed by atoms with Gasteiger partial charge < -0.3 is 9.64 Å². The Morgan fingerprint density at radius 2 is 1.85 bits per heavy atom. The third-order valence-corrected chi connectivity index (χ3v) is 7.54. The van der Waals surface area contributed by atoms with Crippen molar-refractivity contribution in [3.8, 4) is 0 Å². The average molecular weight is 410 g/mol. The minimum Gasteiger partial charge on any atom is -0.369 e. The van der Waals surface area contributed by atoms with E-state index < -0.39 is 28.0 Å². The number of hydrogen-bond acceptors (Lipinski definition) is 5. The minimum atomic E-state index is -3.80. The molecule has 0 saturated carbocycles. The average Bonchev–Trinajstić information content (AvgIpc) is 3.06. The summed E-state index contributed by atoms with van der Waals surface area (Å²) in [5.41, 5.74) is 0. The normalized spacial score (nSPS) is 23.4. The number of sulfonamides is 1. The Labute approximate surface area is 161 Å². The van der Waals surface area contributed by atoms with Gasteiger partial charge in [0.05, 0.1) is 22.0 Å². The van der Waals surface area contributed by atoms with Crippen LogP contribution in [0.1, 0.15) is 14.5 Å². The molecule has 2 fully saturated rings. The van der Waals surface area contributed by atoms with Crippen LogP contribution in [0.25, 0.3) is 0 Å². The van der Waals surface area contributed by atoms with E-state index in [0.717, 1.165) is 10.9 Å². The fourth-order valence-corrected chi connectivity index (χ4v) is 5.87. The zero-order valence-electron chi connectivity index (χ0n) is 14.7. The summed E-state index contributed by atoms with van der Waals surface area (Å²) in [6.07, 6.45) is -0.795. The van der Waals surface area contributed by atoms with E-state index in [4.69, 9.17) is 4.74 Å². The molecule has 2 atom stereocenters. The summed E-state index contributed by atoms with van der Waals surface area (Å²) in [7, 11) is -3.80. The smallest absolute Gasteiger partial charge is 0.264 e. The van der Waals surface area contributed by atoms with Gasteiger partial charge in [-0.1, -0.05) is 6.07 Å². The van der Waals surface area contributed by atoms with Gasteiger partial charge >= 0.3 is 0 Å². The van der Waals surface area contributed by atoms with E-state index >= 15 is 0 Å². The molecule has 0 unspecified atom stereocenters. The van der Waals surface area contributed by atoms with E-state index in [9.17, 15) is 17.6 Å². The first-order valence-electron chi connectivity index (χ1n) is 8.60. The van der Waals surface area contributed by atoms with Crippen LogP contribution in [0.5, 0.6) is 0 Å². The quantitative estimate of drug-likeness (QED) is 0.777. The fourth-order valence-electron chi connectivity index (χ4n) is 3.50. The fraction of sp³-hybridized carbons (Fsp3) is 0.389. The molecule has 0 N–H and O–H groups in total. The van der Waals surface area contributed by atoms with Crippen molar-refractivity contribution < 1.29 is 22.3 Å². The molecule has 2 bridgehead atoms. The standard InChI is InChI=1S/C18H19FN2O4S2/c1-12-5-6-17(26-12)18(22)20-8-14-10-21(11-15(9-20)25-14)27(23,24)16-4-2-3-13(19)7-16/h2-7,14-15H,8-11H2,1H3/t14-,15+. The van der Waals surface area contributed by atoms with Gasteiger partial charge in [-0.15, -0.1) is 11.3 Å². The van der Waals surface area contributed by atoms with Gasteiger partial charge in [-0.25, -0.2) is 12.8 Å². The molecule has 1 amide bonds. The van der Waals surface area contributed by atoms with Gasteiger partial charge in [-0.2, -0.15) is 4.31 Å². The third-order valence-electron chi connectivity index (χ3n) is 4.72. The Bertz CT molecular complexity index is 961. The SMILES string of the molecule is Cc1ccc(C(=O)N2C[C@@H]3CN(S(=O)(=O)c4cccc(F)c4)C[C@H](C2)O3)s1. The Kier molecular flexibility index (Phi) is 4.79. The Morgan fingerprint density at radius 1 is 1.15 bits per heavy atom. The number of rotatable bonds is 3. The van der Waals surface area contributed by atoms with Crippen molar-refractivity contribution in [2.75, 3.05) is 26.2 Å². The van der Waals surface area contributed by atoms with Crippen LogP contribution in [0.4, 0.5) is 4.39 Å². The van der Waals surface area contributed by atoms with Crippen LogP contribution in [0.3, 0.4) is 0 Å². The van der Waals surface area contributed by atoms with Crippen molar-refractivity contribution in [2.24, 2.45) is 0 Å². The highest BCUT2D eigenvalue weighted by molar-refractivity contribution is 7.89. The number of carbonyl (C=O) groups is 1. The van der Waals surface area contributed by atoms with Crippen molar-refractivity contribution >= 4 is 27.3 Å². The first kappa shape index (κ1) is 18.5. The summed E-state index contributed by atoms with van der Waals surface area (Å²) in [6, 6.07) is 8.73. The van der Waals surface area contributed by atoms with Crippen molar-refractivity contribution in [2.45, 2.75) is 24.0 Å². The second-order valence-electron chi connectivity index (χ2n) is 6.78. The molecule has 6 nitrogen and oxygen atoms in total. The molecule has 0 spiro atoms. The highest BCUT2D eigenvalue weighted by Gasteiger charge is 2.41. The highest BCUT2D eigenvalue weighted by Crippen LogP contribution is 2.27. The maximum Gasteiger partial charge on any atom is 0.264 e. The van der Waals surface area contributed by atoms with Gasteiger partial charge in [0.25, 0.3) is 5.91 Å². The van der Waals surface area contributed by atoms with Crippen LogP contribution >= 0.6 is 11.3 Å². The van der Waals surface area contributed by atoms with E-state index in [2.05, 4.69) is 0 Å². The second kappa shape index (κ2) is 6.97. The number of fused-ring (bicyclic) bond motifs is 2. The zero-order valence-corrected chi connectivity index (χ0v) is 16.3. The number of aryl methyl sites for hydroxylation is 1. The van der Waals surface area contributed by atoms with E-state index in [0.29, 0.717) is 18.0 Å². The molecule has 27 heavy (non-hydrogen) atoms. The summed E-state index contributed by atoms with van der Waals surface area (Å²) in [5.74, 6) is -0.639. The van der Waals surface area contributed by atoms with Gasteiger partial charge in [0, 0.05) is 31.1 Å². The molecule has 4 rings (SSSR count). The molecular weight excluding hydrogens is 391 g/mol. The van der Waals surface area contributed by atoms with Crippen LogP contribution in [0.15, 0.2) is 41.3 Å². The lowest BCUT2D eigenvalue weighted by atomic mass is 10.1. The molecular formula is C18H19FN2O4S2. The Morgan fingerprint density at radius 3 is 2.44 bits per heavy atom. The van der Waals surface area contributed by atoms with Gasteiger partial charge in [-0.3, -0.25) is 4.79 Å². The predicted molar refractivity (Wildman–Crippen MR) is 98.8 cm³/mol. The number of carbonyl (C=O) groups excluding carboxylic acids is 1. The lowest BCUT2D eigenvalue weighted by Gasteiger charge is -2.45. The van der Waals surface area contributed by atoms with Crippen molar-refractivity contribution in [3.63, 3.8) is 0 Å². The summed E-state index contributed by atoms with van der Waals surface area (Å²) >= 11 is 1.45. The number of morpholine rings is 2. The lowest BCUT2D eigenvalue weighted by molar-refractivity contribution is -0.113. The summed E-state index contributed by atoms with van der Waals surface area (Å²) < 4.78 is 46.3. The summed E-state index contributed by atoms with van der Waals surface area (Å²) in [5, 5.41) is 0. The van der Waals surface area contributed by atoms with E-state index in [1.54, 1.807) is 4.90 Å². The number of benzene rings is 1. The van der Waals surface area contributed by atoms with Crippen molar-refractivity contribution in [1.82, 2.24) is 9.21 Å². The number of halogens is 1. The van der Waals surface area contributed by atoms with E-state index in [1.807, 2.05) is 19.1 Å². The van der Waals surface area contributed by atoms with Gasteiger partial charge in [-0.05, 0) is 37.3 Å². The Balaban J connectivity index is 1.50. The predicted octanol–water partition coefficient (Wildman–Crippen LogP) is 2.11. The molecule has 2 aliphatic rings. The number of ether oxygens (including phenoxy) is 1. The van der Waals surface area contributed by atoms with E-state index in [1.165, 1.54) is 33.8 Å². The lowest BCUT2D eigenvalue weighted by Crippen LogP contribution is -2.61. The molecule has 1 aromatic carbocycles. The number of hydrogen-bond donors (Lipinski definition) is 0. The van der Waals surface area contributed by atoms with Crippen LogP contribution in [-0.4, -0.2) is 61.9 Å². The summed E-state index contributed by atoms with van der Waals surface area (Å²) in [6.45, 7) is 2.90. The molecule has 3 heterocycles. The van der Waals surface area contributed by atoms with E-state index in [-0.39, 0.29) is 23.9 Å². The topological polar surface area (TPSA) is 66.9 Å². The van der Waals surface area contributed by atoms with Gasteiger partial charge in [0.2, 0.25) is 10.0 Å². The maximum absolute atomic E-state index is 13.4. The second-order valence-corrected chi connectivity index (χ2v) is 10.0. The first-order valence-corrected chi connectivity index (χ1v) is 10.9. The molecule has 9 heteroatoms. The highest BCUT2D eigenvalue weighted by atomic mass is 32.2. The molecule has 0 aliphatic carbocycles. The van der Waals surface area contributed by atoms with Crippen molar-refractivity contribution in [3.05, 3.63) is 52.0 Å². The molecule has 0 radical (unpaired) electrons. The van der Waals surface area contributed by atoms with Crippen LogP contribution < -0.4 is 0 Å². The number of amides is 1. The van der Waals surface area contributed by atoms with Crippen molar-refractivity contribution in [1.29, 1.82) is 0 Å². The maximum atomic E-state index is 13.4. The molecule has 144 valence electrons. The first-order chi connectivity index (χ1) is 12.8. The number of thiophene rings is 1. The van der Waals surface area contributed by atoms with Gasteiger partial charge in [0.15, 0.2) is 0 Å². The minimum absolute atomic E-state index is 0.0483. The Hall–Kier alpha value is -1.81. The number of nitrogens with zero attached hydrogens (tertiary/aromatic N) is 2. The molecule has 2 aromatic rings. The molecule has 2 aliphatic heterocycles. The van der Waals surface area contributed by atoms with Crippen LogP contribution in [0.2, 0.25) is 0 Å². The zero-order chi connectivity index (χ0) is 19.2.